The molecular weight excluding hydrogens is 544 g/mol. The van der Waals surface area contributed by atoms with Crippen LogP contribution in [-0.2, 0) is 11.8 Å². The number of methoxy groups -OCH3 is 1. The van der Waals surface area contributed by atoms with Gasteiger partial charge in [-0.15, -0.1) is 0 Å². The molecule has 2 N–H and O–H groups in total. The van der Waals surface area contributed by atoms with Gasteiger partial charge in [0, 0.05) is 25.3 Å². The third-order valence-corrected chi connectivity index (χ3v) is 7.35. The molecule has 5 heterocycles. The fourth-order valence-electron chi connectivity index (χ4n) is 5.07. The lowest BCUT2D eigenvalue weighted by molar-refractivity contribution is -0.0363. The Kier molecular flexibility index (Phi) is 7.42. The highest BCUT2D eigenvalue weighted by molar-refractivity contribution is 5.92. The fourth-order valence-corrected chi connectivity index (χ4v) is 5.07. The smallest absolute Gasteiger partial charge is 0.295 e. The zero-order valence-corrected chi connectivity index (χ0v) is 23.7. The van der Waals surface area contributed by atoms with Gasteiger partial charge in [0.15, 0.2) is 11.5 Å². The summed E-state index contributed by atoms with van der Waals surface area (Å²) in [5.41, 5.74) is 5.03. The highest BCUT2D eigenvalue weighted by Gasteiger charge is 2.29. The van der Waals surface area contributed by atoms with E-state index in [4.69, 9.17) is 14.5 Å². The lowest BCUT2D eigenvalue weighted by atomic mass is 10.1. The molecule has 1 unspecified atom stereocenters. The molecule has 4 aromatic heterocycles. The molecule has 0 spiro atoms. The number of ether oxygens (including phenoxy) is 2. The summed E-state index contributed by atoms with van der Waals surface area (Å²) in [7, 11) is 3.49. The van der Waals surface area contributed by atoms with Crippen LogP contribution in [0.2, 0.25) is 0 Å². The van der Waals surface area contributed by atoms with Crippen molar-refractivity contribution in [2.45, 2.75) is 45.8 Å². The normalized spacial score (nSPS) is 15.4. The van der Waals surface area contributed by atoms with Crippen LogP contribution in [0, 0.1) is 13.8 Å². The van der Waals surface area contributed by atoms with Crippen molar-refractivity contribution >= 4 is 34.2 Å². The number of pyridine rings is 1. The summed E-state index contributed by atoms with van der Waals surface area (Å²) in [5.74, 6) is 1.01. The lowest BCUT2D eigenvalue weighted by Crippen LogP contribution is -2.20. The van der Waals surface area contributed by atoms with Crippen LogP contribution in [0.25, 0.3) is 22.4 Å². The molecule has 1 saturated heterocycles. The number of hydrogen-bond acceptors (Lipinski definition) is 9. The predicted octanol–water partition coefficient (Wildman–Crippen LogP) is 6.37. The van der Waals surface area contributed by atoms with Crippen LogP contribution in [0.1, 0.15) is 49.1 Å². The Morgan fingerprint density at radius 2 is 1.86 bits per heavy atom. The molecule has 1 fully saturated rings. The Bertz CT molecular complexity index is 1750. The minimum absolute atomic E-state index is 0.270. The van der Waals surface area contributed by atoms with Crippen LogP contribution < -0.4 is 15.4 Å². The number of hydrogen-bond donors (Lipinski definition) is 2. The number of nitrogens with zero attached hydrogens (tertiary/aromatic N) is 7. The highest BCUT2D eigenvalue weighted by Crippen LogP contribution is 2.39. The van der Waals surface area contributed by atoms with Crippen LogP contribution in [0.4, 0.5) is 31.8 Å². The Morgan fingerprint density at radius 1 is 1.00 bits per heavy atom. The van der Waals surface area contributed by atoms with E-state index in [2.05, 4.69) is 30.6 Å². The van der Waals surface area contributed by atoms with Gasteiger partial charge >= 0.3 is 0 Å². The monoisotopic (exact) mass is 575 g/mol. The van der Waals surface area contributed by atoms with Crippen molar-refractivity contribution in [1.29, 1.82) is 0 Å². The van der Waals surface area contributed by atoms with Crippen molar-refractivity contribution in [3.8, 4) is 17.0 Å². The average Bonchev–Trinajstić information content (AvgIpc) is 3.59. The maximum absolute atomic E-state index is 14.4. The van der Waals surface area contributed by atoms with Crippen LogP contribution in [0.15, 0.2) is 43.0 Å². The molecular formula is C29H31F2N9O2. The molecule has 11 nitrogen and oxygen atoms in total. The topological polar surface area (TPSA) is 117 Å². The van der Waals surface area contributed by atoms with Gasteiger partial charge in [-0.1, -0.05) is 6.07 Å². The first-order valence-corrected chi connectivity index (χ1v) is 13.6. The first kappa shape index (κ1) is 27.5. The molecule has 0 saturated carbocycles. The van der Waals surface area contributed by atoms with Crippen LogP contribution in [0.5, 0.6) is 5.75 Å². The molecule has 5 aromatic rings. The zero-order valence-electron chi connectivity index (χ0n) is 23.7. The molecule has 1 atom stereocenters. The molecule has 1 aliphatic heterocycles. The van der Waals surface area contributed by atoms with E-state index in [1.807, 2.05) is 43.7 Å². The number of nitrogens with one attached hydrogen (secondary N) is 2. The second-order valence-corrected chi connectivity index (χ2v) is 10.2. The second-order valence-electron chi connectivity index (χ2n) is 10.2. The number of benzene rings is 1. The van der Waals surface area contributed by atoms with E-state index in [0.29, 0.717) is 41.8 Å². The van der Waals surface area contributed by atoms with Crippen molar-refractivity contribution < 1.29 is 18.3 Å². The molecule has 0 bridgehead atoms. The molecule has 0 amide bonds. The van der Waals surface area contributed by atoms with E-state index in [0.717, 1.165) is 35.5 Å². The van der Waals surface area contributed by atoms with Gasteiger partial charge in [0.1, 0.15) is 29.1 Å². The van der Waals surface area contributed by atoms with Crippen molar-refractivity contribution in [1.82, 2.24) is 34.1 Å². The maximum Gasteiger partial charge on any atom is 0.295 e. The third kappa shape index (κ3) is 5.22. The van der Waals surface area contributed by atoms with Crippen LogP contribution in [-0.4, -0.2) is 47.8 Å². The Balaban J connectivity index is 1.48. The van der Waals surface area contributed by atoms with Crippen LogP contribution >= 0.6 is 0 Å². The molecule has 1 aliphatic rings. The minimum Gasteiger partial charge on any atom is -0.495 e. The Morgan fingerprint density at radius 3 is 2.55 bits per heavy atom. The molecule has 1 aromatic carbocycles. The number of alkyl halides is 2. The predicted molar refractivity (Wildman–Crippen MR) is 155 cm³/mol. The van der Waals surface area contributed by atoms with E-state index in [1.165, 1.54) is 4.57 Å². The minimum atomic E-state index is -2.83. The number of aromatic nitrogens is 7. The fraction of sp³-hybridized carbons (Fsp3) is 0.345. The van der Waals surface area contributed by atoms with Gasteiger partial charge < -0.3 is 24.7 Å². The van der Waals surface area contributed by atoms with Gasteiger partial charge in [0.05, 0.1) is 54.3 Å². The molecule has 42 heavy (non-hydrogen) atoms. The van der Waals surface area contributed by atoms with Gasteiger partial charge in [-0.3, -0.25) is 9.55 Å². The first-order chi connectivity index (χ1) is 20.3. The molecule has 6 rings (SSSR count). The number of rotatable bonds is 8. The SMILES string of the molecule is COc1cc(-c2cncn2C)ccc1Nc1cc(Nc2cnc(C)c(C)n2)nc2c1nc(C(F)F)n2C1CCCCO1. The highest BCUT2D eigenvalue weighted by atomic mass is 19.3. The van der Waals surface area contributed by atoms with E-state index in [-0.39, 0.29) is 11.2 Å². The number of anilines is 4. The average molecular weight is 576 g/mol. The maximum atomic E-state index is 14.4. The van der Waals surface area contributed by atoms with E-state index in [9.17, 15) is 8.78 Å². The van der Waals surface area contributed by atoms with Crippen molar-refractivity contribution in [2.75, 3.05) is 24.4 Å². The van der Waals surface area contributed by atoms with E-state index in [1.54, 1.807) is 31.9 Å². The summed E-state index contributed by atoms with van der Waals surface area (Å²) in [4.78, 5) is 22.2. The Labute approximate surface area is 241 Å². The Hall–Kier alpha value is -4.65. The largest absolute Gasteiger partial charge is 0.495 e. The summed E-state index contributed by atoms with van der Waals surface area (Å²) in [6.07, 6.45) is 3.99. The van der Waals surface area contributed by atoms with Crippen molar-refractivity contribution in [2.24, 2.45) is 7.05 Å². The summed E-state index contributed by atoms with van der Waals surface area (Å²) < 4.78 is 43.7. The first-order valence-electron chi connectivity index (χ1n) is 13.6. The summed E-state index contributed by atoms with van der Waals surface area (Å²) >= 11 is 0. The number of aryl methyl sites for hydroxylation is 3. The summed E-state index contributed by atoms with van der Waals surface area (Å²) in [6, 6.07) is 7.40. The molecule has 0 radical (unpaired) electrons. The summed E-state index contributed by atoms with van der Waals surface area (Å²) in [6.45, 7) is 4.22. The molecule has 218 valence electrons. The van der Waals surface area contributed by atoms with Gasteiger partial charge in [0.25, 0.3) is 6.43 Å². The van der Waals surface area contributed by atoms with Gasteiger partial charge in [0.2, 0.25) is 0 Å². The lowest BCUT2D eigenvalue weighted by Gasteiger charge is -2.25. The van der Waals surface area contributed by atoms with E-state index >= 15 is 0 Å². The third-order valence-electron chi connectivity index (χ3n) is 7.35. The molecule has 13 heteroatoms. The van der Waals surface area contributed by atoms with Gasteiger partial charge in [-0.25, -0.2) is 28.7 Å². The standard InChI is InChI=1S/C29H31F2N9O2/c1-16-17(2)34-24(14-33-16)36-23-12-20(35-19-9-8-18(11-22(19)41-4)21-13-32-15-39(21)3)26-28(37-23)40(29(38-26)27(30)31)25-7-5-6-10-42-25/h8-9,11-15,25,27H,5-7,10H2,1-4H3,(H2,34,35,36,37). The van der Waals surface area contributed by atoms with Gasteiger partial charge in [-0.2, -0.15) is 0 Å². The van der Waals surface area contributed by atoms with E-state index < -0.39 is 18.5 Å². The van der Waals surface area contributed by atoms with Gasteiger partial charge in [-0.05, 0) is 45.2 Å². The second kappa shape index (κ2) is 11.3. The summed E-state index contributed by atoms with van der Waals surface area (Å²) in [5, 5.41) is 6.54. The van der Waals surface area contributed by atoms with Crippen molar-refractivity contribution in [3.63, 3.8) is 0 Å². The van der Waals surface area contributed by atoms with Crippen LogP contribution in [0.3, 0.4) is 0 Å². The van der Waals surface area contributed by atoms with Crippen molar-refractivity contribution in [3.05, 3.63) is 60.2 Å². The zero-order chi connectivity index (χ0) is 29.4. The quantitative estimate of drug-likeness (QED) is 0.218. The molecule has 0 aliphatic carbocycles. The number of fused-ring (bicyclic) bond motifs is 1. The number of imidazole rings is 2. The number of halogens is 2.